The summed E-state index contributed by atoms with van der Waals surface area (Å²) in [6.45, 7) is 3.29. The zero-order valence-electron chi connectivity index (χ0n) is 14.5. The standard InChI is InChI=1S/C21H24FNO2/c1-16(25-20-9-7-19(22)8-10-20)21(24)23-13-11-18(12-14-23)15-17-5-3-2-4-6-17/h2-10,16,18H,11-15H2,1H3. The van der Waals surface area contributed by atoms with E-state index < -0.39 is 6.10 Å². The lowest BCUT2D eigenvalue weighted by molar-refractivity contribution is -0.139. The quantitative estimate of drug-likeness (QED) is 0.820. The third kappa shape index (κ3) is 4.81. The SMILES string of the molecule is CC(Oc1ccc(F)cc1)C(=O)N1CCC(Cc2ccccc2)CC1. The number of halogens is 1. The minimum Gasteiger partial charge on any atom is -0.481 e. The molecule has 0 bridgehead atoms. The first kappa shape index (κ1) is 17.5. The van der Waals surface area contributed by atoms with E-state index in [9.17, 15) is 9.18 Å². The van der Waals surface area contributed by atoms with Crippen LogP contribution in [0.25, 0.3) is 0 Å². The lowest BCUT2D eigenvalue weighted by Gasteiger charge is -2.33. The van der Waals surface area contributed by atoms with E-state index in [0.29, 0.717) is 11.7 Å². The first-order chi connectivity index (χ1) is 12.1. The largest absolute Gasteiger partial charge is 0.481 e. The maximum atomic E-state index is 12.9. The van der Waals surface area contributed by atoms with E-state index >= 15 is 0 Å². The summed E-state index contributed by atoms with van der Waals surface area (Å²) in [5, 5.41) is 0. The number of nitrogens with zero attached hydrogens (tertiary/aromatic N) is 1. The smallest absolute Gasteiger partial charge is 0.263 e. The van der Waals surface area contributed by atoms with Crippen LogP contribution >= 0.6 is 0 Å². The van der Waals surface area contributed by atoms with Crippen LogP contribution in [0.3, 0.4) is 0 Å². The molecule has 2 aromatic carbocycles. The molecule has 1 aliphatic heterocycles. The summed E-state index contributed by atoms with van der Waals surface area (Å²) in [5.41, 5.74) is 1.36. The molecule has 1 fully saturated rings. The van der Waals surface area contributed by atoms with Crippen LogP contribution in [-0.4, -0.2) is 30.0 Å². The summed E-state index contributed by atoms with van der Waals surface area (Å²) < 4.78 is 18.6. The average molecular weight is 341 g/mol. The van der Waals surface area contributed by atoms with E-state index in [1.807, 2.05) is 11.0 Å². The monoisotopic (exact) mass is 341 g/mol. The molecule has 1 heterocycles. The van der Waals surface area contributed by atoms with Crippen LogP contribution < -0.4 is 4.74 Å². The second kappa shape index (κ2) is 8.15. The summed E-state index contributed by atoms with van der Waals surface area (Å²) in [6, 6.07) is 16.3. The van der Waals surface area contributed by atoms with Gasteiger partial charge < -0.3 is 9.64 Å². The molecular weight excluding hydrogens is 317 g/mol. The van der Waals surface area contributed by atoms with Crippen LogP contribution in [-0.2, 0) is 11.2 Å². The van der Waals surface area contributed by atoms with Crippen molar-refractivity contribution in [3.8, 4) is 5.75 Å². The Labute approximate surface area is 148 Å². The number of benzene rings is 2. The summed E-state index contributed by atoms with van der Waals surface area (Å²) in [5.74, 6) is 0.829. The Morgan fingerprint density at radius 3 is 2.40 bits per heavy atom. The van der Waals surface area contributed by atoms with Crippen LogP contribution in [0, 0.1) is 11.7 Å². The molecule has 0 radical (unpaired) electrons. The van der Waals surface area contributed by atoms with E-state index in [4.69, 9.17) is 4.74 Å². The fourth-order valence-electron chi connectivity index (χ4n) is 3.33. The topological polar surface area (TPSA) is 29.5 Å². The third-order valence-corrected chi connectivity index (χ3v) is 4.77. The summed E-state index contributed by atoms with van der Waals surface area (Å²) in [6.07, 6.45) is 2.55. The number of piperidine rings is 1. The first-order valence-electron chi connectivity index (χ1n) is 8.87. The highest BCUT2D eigenvalue weighted by atomic mass is 19.1. The van der Waals surface area contributed by atoms with Gasteiger partial charge in [0.15, 0.2) is 6.10 Å². The Hall–Kier alpha value is -2.36. The number of hydrogen-bond donors (Lipinski definition) is 0. The maximum Gasteiger partial charge on any atom is 0.263 e. The number of rotatable bonds is 5. The minimum absolute atomic E-state index is 0.00230. The van der Waals surface area contributed by atoms with Gasteiger partial charge in [0.05, 0.1) is 0 Å². The molecule has 1 saturated heterocycles. The molecule has 132 valence electrons. The van der Waals surface area contributed by atoms with Crippen molar-refractivity contribution < 1.29 is 13.9 Å². The molecule has 25 heavy (non-hydrogen) atoms. The van der Waals surface area contributed by atoms with Gasteiger partial charge in [-0.3, -0.25) is 4.79 Å². The van der Waals surface area contributed by atoms with Gasteiger partial charge >= 0.3 is 0 Å². The van der Waals surface area contributed by atoms with Crippen LogP contribution in [0.4, 0.5) is 4.39 Å². The Morgan fingerprint density at radius 2 is 1.76 bits per heavy atom. The molecule has 0 saturated carbocycles. The van der Waals surface area contributed by atoms with Crippen molar-refractivity contribution in [2.45, 2.75) is 32.3 Å². The summed E-state index contributed by atoms with van der Waals surface area (Å²) in [4.78, 5) is 14.4. The molecule has 1 amide bonds. The zero-order valence-corrected chi connectivity index (χ0v) is 14.5. The van der Waals surface area contributed by atoms with Gasteiger partial charge in [-0.25, -0.2) is 4.39 Å². The molecule has 1 atom stereocenters. The Kier molecular flexibility index (Phi) is 5.69. The predicted molar refractivity (Wildman–Crippen MR) is 95.9 cm³/mol. The molecule has 0 aromatic heterocycles. The van der Waals surface area contributed by atoms with Crippen LogP contribution in [0.15, 0.2) is 54.6 Å². The van der Waals surface area contributed by atoms with Crippen molar-refractivity contribution >= 4 is 5.91 Å². The van der Waals surface area contributed by atoms with E-state index in [2.05, 4.69) is 24.3 Å². The van der Waals surface area contributed by atoms with Gasteiger partial charge in [0, 0.05) is 13.1 Å². The van der Waals surface area contributed by atoms with Gasteiger partial charge in [-0.1, -0.05) is 30.3 Å². The zero-order chi connectivity index (χ0) is 17.6. The van der Waals surface area contributed by atoms with Crippen molar-refractivity contribution in [3.63, 3.8) is 0 Å². The fourth-order valence-corrected chi connectivity index (χ4v) is 3.33. The lowest BCUT2D eigenvalue weighted by Crippen LogP contribution is -2.45. The Morgan fingerprint density at radius 1 is 1.12 bits per heavy atom. The third-order valence-electron chi connectivity index (χ3n) is 4.77. The summed E-state index contributed by atoms with van der Waals surface area (Å²) in [7, 11) is 0. The average Bonchev–Trinajstić information content (AvgIpc) is 2.64. The number of likely N-dealkylation sites (tertiary alicyclic amines) is 1. The molecule has 1 unspecified atom stereocenters. The normalized spacial score (nSPS) is 16.5. The Bertz CT molecular complexity index is 679. The molecule has 0 aliphatic carbocycles. The van der Waals surface area contributed by atoms with Gasteiger partial charge in [0.2, 0.25) is 0 Å². The molecule has 1 aliphatic rings. The van der Waals surface area contributed by atoms with E-state index in [0.717, 1.165) is 32.4 Å². The van der Waals surface area contributed by atoms with E-state index in [1.165, 1.54) is 17.7 Å². The van der Waals surface area contributed by atoms with Gasteiger partial charge in [0.1, 0.15) is 11.6 Å². The second-order valence-corrected chi connectivity index (χ2v) is 6.67. The predicted octanol–water partition coefficient (Wildman–Crippen LogP) is 4.07. The molecular formula is C21H24FNO2. The lowest BCUT2D eigenvalue weighted by atomic mass is 9.90. The van der Waals surface area contributed by atoms with Crippen molar-refractivity contribution in [3.05, 3.63) is 66.0 Å². The van der Waals surface area contributed by atoms with Gasteiger partial charge in [-0.05, 0) is 61.9 Å². The number of carbonyl (C=O) groups is 1. The number of amides is 1. The Balaban J connectivity index is 1.48. The summed E-state index contributed by atoms with van der Waals surface area (Å²) >= 11 is 0. The number of hydrogen-bond acceptors (Lipinski definition) is 2. The molecule has 3 nitrogen and oxygen atoms in total. The van der Waals surface area contributed by atoms with Crippen molar-refractivity contribution in [1.29, 1.82) is 0 Å². The highest BCUT2D eigenvalue weighted by Gasteiger charge is 2.27. The molecule has 2 aromatic rings. The van der Waals surface area contributed by atoms with Crippen LogP contribution in [0.5, 0.6) is 5.75 Å². The molecule has 4 heteroatoms. The van der Waals surface area contributed by atoms with Crippen molar-refractivity contribution in [2.24, 2.45) is 5.92 Å². The van der Waals surface area contributed by atoms with E-state index in [-0.39, 0.29) is 11.7 Å². The van der Waals surface area contributed by atoms with Gasteiger partial charge in [-0.2, -0.15) is 0 Å². The van der Waals surface area contributed by atoms with E-state index in [1.54, 1.807) is 19.1 Å². The van der Waals surface area contributed by atoms with Gasteiger partial charge in [0.25, 0.3) is 5.91 Å². The molecule has 0 spiro atoms. The molecule has 0 N–H and O–H groups in total. The first-order valence-corrected chi connectivity index (χ1v) is 8.87. The van der Waals surface area contributed by atoms with Gasteiger partial charge in [-0.15, -0.1) is 0 Å². The maximum absolute atomic E-state index is 12.9. The van der Waals surface area contributed by atoms with Crippen LogP contribution in [0.2, 0.25) is 0 Å². The fraction of sp³-hybridized carbons (Fsp3) is 0.381. The highest BCUT2D eigenvalue weighted by Crippen LogP contribution is 2.23. The highest BCUT2D eigenvalue weighted by molar-refractivity contribution is 5.81. The van der Waals surface area contributed by atoms with Crippen molar-refractivity contribution in [1.82, 2.24) is 4.90 Å². The number of carbonyl (C=O) groups excluding carboxylic acids is 1. The number of ether oxygens (including phenoxy) is 1. The van der Waals surface area contributed by atoms with Crippen molar-refractivity contribution in [2.75, 3.05) is 13.1 Å². The minimum atomic E-state index is -0.559. The van der Waals surface area contributed by atoms with Crippen LogP contribution in [0.1, 0.15) is 25.3 Å². The molecule has 3 rings (SSSR count). The second-order valence-electron chi connectivity index (χ2n) is 6.67.